The van der Waals surface area contributed by atoms with Crippen LogP contribution in [0.1, 0.15) is 114 Å². The monoisotopic (exact) mass is 600 g/mol. The lowest BCUT2D eigenvalue weighted by Crippen LogP contribution is -2.50. The molecule has 6 heteroatoms. The zero-order valence-electron chi connectivity index (χ0n) is 29.0. The van der Waals surface area contributed by atoms with Gasteiger partial charge in [0.25, 0.3) is 0 Å². The van der Waals surface area contributed by atoms with Crippen LogP contribution in [0.25, 0.3) is 0 Å². The third-order valence-corrected chi connectivity index (χ3v) is 20.1. The van der Waals surface area contributed by atoms with Gasteiger partial charge in [-0.1, -0.05) is 80.4 Å². The average molecular weight is 601 g/mol. The summed E-state index contributed by atoms with van der Waals surface area (Å²) in [6.07, 6.45) is 6.62. The van der Waals surface area contributed by atoms with Crippen molar-refractivity contribution >= 4 is 22.6 Å². The van der Waals surface area contributed by atoms with Gasteiger partial charge in [0.2, 0.25) is 16.6 Å². The predicted octanol–water partition coefficient (Wildman–Crippen LogP) is 10.9. The van der Waals surface area contributed by atoms with Gasteiger partial charge in [0, 0.05) is 18.4 Å². The van der Waals surface area contributed by atoms with E-state index in [1.165, 1.54) is 18.4 Å². The fourth-order valence-corrected chi connectivity index (χ4v) is 9.00. The summed E-state index contributed by atoms with van der Waals surface area (Å²) in [7, 11) is -4.28. The zero-order chi connectivity index (χ0) is 31.4. The fourth-order valence-electron chi connectivity index (χ4n) is 6.93. The van der Waals surface area contributed by atoms with Crippen LogP contribution in [0.4, 0.5) is 0 Å². The first kappa shape index (κ1) is 34.0. The zero-order valence-corrected chi connectivity index (χ0v) is 31.0. The molecule has 4 atom stereocenters. The Labute approximate surface area is 254 Å². The van der Waals surface area contributed by atoms with Crippen LogP contribution >= 0.6 is 0 Å². The maximum atomic E-state index is 12.9. The van der Waals surface area contributed by atoms with Gasteiger partial charge in [-0.25, -0.2) is 0 Å². The molecule has 1 saturated carbocycles. The van der Waals surface area contributed by atoms with Crippen molar-refractivity contribution in [1.29, 1.82) is 0 Å². The standard InChI is InChI=1S/C35H60O4Si2/c1-24-17-20-29-34(9,10)21-16-22-35(29,11)30(24)31(37-25(2)36)27-23-26(38-40(12,13)32(3,4)5)18-19-28(27)39-41(14,15)33(6,7)8/h17-19,23,29-31H,16,20-22H2,1-15H3/t29-,30+,31?,35-/m0/s1. The van der Waals surface area contributed by atoms with Gasteiger partial charge < -0.3 is 13.6 Å². The summed E-state index contributed by atoms with van der Waals surface area (Å²) in [4.78, 5) is 12.9. The van der Waals surface area contributed by atoms with Crippen molar-refractivity contribution in [2.24, 2.45) is 22.7 Å². The van der Waals surface area contributed by atoms with E-state index in [1.54, 1.807) is 6.92 Å². The van der Waals surface area contributed by atoms with Crippen LogP contribution in [0.3, 0.4) is 0 Å². The number of hydrogen-bond donors (Lipinski definition) is 0. The lowest BCUT2D eigenvalue weighted by molar-refractivity contribution is -0.156. The SMILES string of the molecule is CC(=O)OC(c1cc(O[Si](C)(C)C(C)(C)C)ccc1O[Si](C)(C)C(C)(C)C)[C@H]1C(C)=CC[C@H]2C(C)(C)CCC[C@]12C. The Balaban J connectivity index is 2.27. The van der Waals surface area contributed by atoms with Gasteiger partial charge in [-0.2, -0.15) is 0 Å². The third-order valence-electron chi connectivity index (χ3n) is 11.4. The molecule has 232 valence electrons. The Bertz CT molecular complexity index is 1150. The smallest absolute Gasteiger partial charge is 0.303 e. The highest BCUT2D eigenvalue weighted by molar-refractivity contribution is 6.75. The summed E-state index contributed by atoms with van der Waals surface area (Å²) in [5.74, 6) is 2.01. The van der Waals surface area contributed by atoms with E-state index in [2.05, 4.69) is 120 Å². The first-order chi connectivity index (χ1) is 18.4. The van der Waals surface area contributed by atoms with Crippen molar-refractivity contribution in [3.05, 3.63) is 35.4 Å². The van der Waals surface area contributed by atoms with E-state index in [0.29, 0.717) is 5.92 Å². The Kier molecular flexibility index (Phi) is 9.27. The van der Waals surface area contributed by atoms with E-state index >= 15 is 0 Å². The fraction of sp³-hybridized carbons (Fsp3) is 0.743. The number of hydrogen-bond acceptors (Lipinski definition) is 4. The molecule has 0 heterocycles. The number of carbonyl (C=O) groups excluding carboxylic acids is 1. The molecule has 0 N–H and O–H groups in total. The summed E-state index contributed by atoms with van der Waals surface area (Å²) < 4.78 is 20.3. The van der Waals surface area contributed by atoms with E-state index in [1.807, 2.05) is 0 Å². The quantitative estimate of drug-likeness (QED) is 0.177. The molecule has 1 aromatic carbocycles. The molecule has 4 nitrogen and oxygen atoms in total. The van der Waals surface area contributed by atoms with Crippen LogP contribution in [-0.4, -0.2) is 22.6 Å². The molecule has 0 radical (unpaired) electrons. The largest absolute Gasteiger partial charge is 0.543 e. The van der Waals surface area contributed by atoms with Gasteiger partial charge in [-0.05, 0) is 97.4 Å². The maximum Gasteiger partial charge on any atom is 0.303 e. The summed E-state index contributed by atoms with van der Waals surface area (Å²) in [5, 5.41) is 0.0957. The molecule has 0 saturated heterocycles. The minimum absolute atomic E-state index is 0.00519. The number of rotatable bonds is 7. The molecule has 1 fully saturated rings. The topological polar surface area (TPSA) is 44.8 Å². The molecular weight excluding hydrogens is 541 g/mol. The van der Waals surface area contributed by atoms with Crippen LogP contribution < -0.4 is 8.85 Å². The van der Waals surface area contributed by atoms with Crippen molar-refractivity contribution in [3.8, 4) is 11.5 Å². The normalized spacial score (nSPS) is 26.0. The lowest BCUT2D eigenvalue weighted by Gasteiger charge is -2.58. The highest BCUT2D eigenvalue weighted by Crippen LogP contribution is 2.63. The lowest BCUT2D eigenvalue weighted by atomic mass is 9.47. The van der Waals surface area contributed by atoms with E-state index in [9.17, 15) is 4.79 Å². The highest BCUT2D eigenvalue weighted by Gasteiger charge is 2.55. The molecule has 0 aromatic heterocycles. The molecule has 1 unspecified atom stereocenters. The second-order valence-corrected chi connectivity index (χ2v) is 26.5. The predicted molar refractivity (Wildman–Crippen MR) is 178 cm³/mol. The van der Waals surface area contributed by atoms with E-state index in [0.717, 1.165) is 29.9 Å². The second-order valence-electron chi connectivity index (χ2n) is 17.0. The van der Waals surface area contributed by atoms with Crippen molar-refractivity contribution in [2.45, 2.75) is 144 Å². The number of fused-ring (bicyclic) bond motifs is 1. The van der Waals surface area contributed by atoms with Gasteiger partial charge in [0.05, 0.1) is 0 Å². The van der Waals surface area contributed by atoms with Gasteiger partial charge in [-0.3, -0.25) is 4.79 Å². The average Bonchev–Trinajstić information content (AvgIpc) is 2.76. The van der Waals surface area contributed by atoms with Crippen LogP contribution in [0, 0.1) is 22.7 Å². The number of carbonyl (C=O) groups is 1. The summed E-state index contributed by atoms with van der Waals surface area (Å²) in [5.41, 5.74) is 2.51. The molecule has 0 spiro atoms. The Hall–Kier alpha value is -1.54. The Morgan fingerprint density at radius 3 is 2.02 bits per heavy atom. The van der Waals surface area contributed by atoms with Gasteiger partial charge in [-0.15, -0.1) is 0 Å². The first-order valence-corrected chi connectivity index (χ1v) is 21.6. The third kappa shape index (κ3) is 6.84. The first-order valence-electron chi connectivity index (χ1n) is 15.8. The second kappa shape index (κ2) is 11.2. The van der Waals surface area contributed by atoms with E-state index in [4.69, 9.17) is 13.6 Å². The summed E-state index contributed by atoms with van der Waals surface area (Å²) in [6, 6.07) is 6.29. The Morgan fingerprint density at radius 2 is 1.49 bits per heavy atom. The minimum Gasteiger partial charge on any atom is -0.543 e. The van der Waals surface area contributed by atoms with Crippen molar-refractivity contribution < 1.29 is 18.4 Å². The van der Waals surface area contributed by atoms with E-state index in [-0.39, 0.29) is 32.8 Å². The van der Waals surface area contributed by atoms with Crippen molar-refractivity contribution in [1.82, 2.24) is 0 Å². The number of allylic oxidation sites excluding steroid dienone is 1. The minimum atomic E-state index is -2.19. The van der Waals surface area contributed by atoms with Gasteiger partial charge >= 0.3 is 5.97 Å². The van der Waals surface area contributed by atoms with Crippen LogP contribution in [0.15, 0.2) is 29.8 Å². The van der Waals surface area contributed by atoms with Crippen molar-refractivity contribution in [3.63, 3.8) is 0 Å². The Morgan fingerprint density at radius 1 is 0.927 bits per heavy atom. The molecule has 0 amide bonds. The highest BCUT2D eigenvalue weighted by atomic mass is 28.4. The molecule has 2 aliphatic carbocycles. The van der Waals surface area contributed by atoms with Gasteiger partial charge in [0.15, 0.2) is 0 Å². The molecule has 3 rings (SSSR count). The van der Waals surface area contributed by atoms with E-state index < -0.39 is 22.7 Å². The summed E-state index contributed by atoms with van der Waals surface area (Å²) in [6.45, 7) is 33.8. The number of esters is 1. The number of benzene rings is 1. The molecular formula is C35H60O4Si2. The van der Waals surface area contributed by atoms with Gasteiger partial charge in [0.1, 0.15) is 17.6 Å². The molecule has 2 aliphatic rings. The molecule has 1 aromatic rings. The number of ether oxygens (including phenoxy) is 1. The van der Waals surface area contributed by atoms with Crippen LogP contribution in [0.2, 0.25) is 36.3 Å². The van der Waals surface area contributed by atoms with Crippen LogP contribution in [0.5, 0.6) is 11.5 Å². The maximum absolute atomic E-state index is 12.9. The molecule has 41 heavy (non-hydrogen) atoms. The molecule has 0 aliphatic heterocycles. The van der Waals surface area contributed by atoms with Crippen LogP contribution in [-0.2, 0) is 9.53 Å². The summed E-state index contributed by atoms with van der Waals surface area (Å²) >= 11 is 0. The molecule has 0 bridgehead atoms. The van der Waals surface area contributed by atoms with Crippen molar-refractivity contribution in [2.75, 3.05) is 0 Å².